The van der Waals surface area contributed by atoms with Gasteiger partial charge < -0.3 is 14.5 Å². The first-order valence-electron chi connectivity index (χ1n) is 10.2. The minimum atomic E-state index is -0.361. The number of carbonyl (C=O) groups is 1. The Morgan fingerprint density at radius 1 is 1.13 bits per heavy atom. The molecule has 1 aliphatic rings. The zero-order valence-corrected chi connectivity index (χ0v) is 18.0. The van der Waals surface area contributed by atoms with Crippen LogP contribution in [0.5, 0.6) is 0 Å². The summed E-state index contributed by atoms with van der Waals surface area (Å²) in [4.78, 5) is 25.4. The molecule has 1 saturated heterocycles. The fourth-order valence-electron chi connectivity index (χ4n) is 3.72. The van der Waals surface area contributed by atoms with Crippen LogP contribution in [0.15, 0.2) is 42.6 Å². The minimum absolute atomic E-state index is 0.339. The Morgan fingerprint density at radius 3 is 2.58 bits per heavy atom. The monoisotopic (exact) mass is 435 g/mol. The van der Waals surface area contributed by atoms with Crippen LogP contribution in [0.4, 0.5) is 11.6 Å². The molecular weight excluding hydrogens is 414 g/mol. The van der Waals surface area contributed by atoms with E-state index in [1.54, 1.807) is 31.3 Å². The Bertz CT molecular complexity index is 1140. The number of fused-ring (bicyclic) bond motifs is 1. The second-order valence-electron chi connectivity index (χ2n) is 7.25. The van der Waals surface area contributed by atoms with Gasteiger partial charge in [-0.15, -0.1) is 0 Å². The molecule has 0 N–H and O–H groups in total. The van der Waals surface area contributed by atoms with Gasteiger partial charge in [0.1, 0.15) is 11.6 Å². The average Bonchev–Trinajstić information content (AvgIpc) is 3.05. The quantitative estimate of drug-likeness (QED) is 0.571. The highest BCUT2D eigenvalue weighted by molar-refractivity contribution is 6.31. The molecular formula is C23H22ClN5O2. The molecule has 0 amide bonds. The van der Waals surface area contributed by atoms with Crippen molar-refractivity contribution in [2.45, 2.75) is 13.3 Å². The Hall–Kier alpha value is -3.37. The van der Waals surface area contributed by atoms with Crippen molar-refractivity contribution in [2.24, 2.45) is 0 Å². The summed E-state index contributed by atoms with van der Waals surface area (Å²) in [6.07, 6.45) is 2.48. The van der Waals surface area contributed by atoms with Crippen molar-refractivity contribution in [1.82, 2.24) is 9.97 Å². The van der Waals surface area contributed by atoms with Crippen molar-refractivity contribution in [3.8, 4) is 6.07 Å². The predicted molar refractivity (Wildman–Crippen MR) is 121 cm³/mol. The number of carbonyl (C=O) groups excluding carboxylic acids is 1. The molecule has 8 heteroatoms. The van der Waals surface area contributed by atoms with Gasteiger partial charge in [0.2, 0.25) is 0 Å². The summed E-state index contributed by atoms with van der Waals surface area (Å²) in [7, 11) is 0. The highest BCUT2D eigenvalue weighted by atomic mass is 35.5. The lowest BCUT2D eigenvalue weighted by atomic mass is 10.1. The molecule has 4 rings (SSSR count). The highest BCUT2D eigenvalue weighted by Gasteiger charge is 2.19. The van der Waals surface area contributed by atoms with E-state index in [0.717, 1.165) is 55.1 Å². The zero-order chi connectivity index (χ0) is 21.8. The van der Waals surface area contributed by atoms with Crippen LogP contribution < -0.4 is 9.80 Å². The SMILES string of the molecule is CCOC(=O)c1ccc(N2CCCN(c3cc(C#N)c4cc(Cl)ccc4n3)CC2)nc1. The third-order valence-electron chi connectivity index (χ3n) is 5.28. The zero-order valence-electron chi connectivity index (χ0n) is 17.2. The van der Waals surface area contributed by atoms with Crippen molar-refractivity contribution in [1.29, 1.82) is 5.26 Å². The Balaban J connectivity index is 1.51. The number of esters is 1. The molecule has 0 atom stereocenters. The first-order valence-corrected chi connectivity index (χ1v) is 10.6. The number of hydrogen-bond acceptors (Lipinski definition) is 7. The average molecular weight is 436 g/mol. The lowest BCUT2D eigenvalue weighted by Gasteiger charge is -2.24. The van der Waals surface area contributed by atoms with E-state index in [9.17, 15) is 10.1 Å². The lowest BCUT2D eigenvalue weighted by molar-refractivity contribution is 0.0526. The van der Waals surface area contributed by atoms with Crippen LogP contribution in [0.25, 0.3) is 10.9 Å². The Labute approximate surface area is 185 Å². The van der Waals surface area contributed by atoms with E-state index in [-0.39, 0.29) is 5.97 Å². The molecule has 1 fully saturated rings. The maximum atomic E-state index is 11.8. The summed E-state index contributed by atoms with van der Waals surface area (Å²) in [6.45, 7) is 5.30. The normalized spacial score (nSPS) is 14.2. The van der Waals surface area contributed by atoms with Gasteiger partial charge in [0.25, 0.3) is 0 Å². The van der Waals surface area contributed by atoms with Crippen LogP contribution in [0, 0.1) is 11.3 Å². The van der Waals surface area contributed by atoms with Crippen LogP contribution in [0.2, 0.25) is 5.02 Å². The smallest absolute Gasteiger partial charge is 0.339 e. The summed E-state index contributed by atoms with van der Waals surface area (Å²) >= 11 is 6.09. The number of benzene rings is 1. The lowest BCUT2D eigenvalue weighted by Crippen LogP contribution is -2.31. The van der Waals surface area contributed by atoms with Crippen molar-refractivity contribution in [3.63, 3.8) is 0 Å². The second kappa shape index (κ2) is 9.19. The van der Waals surface area contributed by atoms with Crippen LogP contribution >= 0.6 is 11.6 Å². The van der Waals surface area contributed by atoms with Gasteiger partial charge in [-0.1, -0.05) is 11.6 Å². The van der Waals surface area contributed by atoms with E-state index < -0.39 is 0 Å². The van der Waals surface area contributed by atoms with Crippen LogP contribution in [0.3, 0.4) is 0 Å². The van der Waals surface area contributed by atoms with E-state index in [2.05, 4.69) is 20.9 Å². The van der Waals surface area contributed by atoms with E-state index in [4.69, 9.17) is 21.3 Å². The van der Waals surface area contributed by atoms with E-state index in [1.807, 2.05) is 18.2 Å². The molecule has 3 heterocycles. The van der Waals surface area contributed by atoms with Crippen molar-refractivity contribution in [2.75, 3.05) is 42.6 Å². The predicted octanol–water partition coefficient (Wildman–Crippen LogP) is 4.05. The van der Waals surface area contributed by atoms with Gasteiger partial charge in [-0.2, -0.15) is 5.26 Å². The summed E-state index contributed by atoms with van der Waals surface area (Å²) in [5.41, 5.74) is 1.78. The molecule has 158 valence electrons. The number of ether oxygens (including phenoxy) is 1. The number of pyridine rings is 2. The van der Waals surface area contributed by atoms with Gasteiger partial charge in [0.05, 0.1) is 29.3 Å². The molecule has 0 spiro atoms. The molecule has 0 radical (unpaired) electrons. The molecule has 0 bridgehead atoms. The standard InChI is InChI=1S/C23H22ClN5O2/c1-2-31-23(30)16-4-7-21(26-15-16)28-8-3-9-29(11-10-28)22-12-17(14-25)19-13-18(24)5-6-20(19)27-22/h4-7,12-13,15H,2-3,8-11H2,1H3. The van der Waals surface area contributed by atoms with Crippen LogP contribution in [-0.4, -0.2) is 48.7 Å². The van der Waals surface area contributed by atoms with Gasteiger partial charge in [-0.25, -0.2) is 14.8 Å². The van der Waals surface area contributed by atoms with Gasteiger partial charge >= 0.3 is 5.97 Å². The van der Waals surface area contributed by atoms with Gasteiger partial charge in [-0.05, 0) is 49.7 Å². The fourth-order valence-corrected chi connectivity index (χ4v) is 3.89. The number of nitriles is 1. The molecule has 7 nitrogen and oxygen atoms in total. The second-order valence-corrected chi connectivity index (χ2v) is 7.69. The fraction of sp³-hybridized carbons (Fsp3) is 0.304. The molecule has 1 aliphatic heterocycles. The number of halogens is 1. The summed E-state index contributed by atoms with van der Waals surface area (Å²) in [6, 6.07) is 13.1. The number of hydrogen-bond donors (Lipinski definition) is 0. The number of aromatic nitrogens is 2. The van der Waals surface area contributed by atoms with E-state index >= 15 is 0 Å². The molecule has 3 aromatic rings. The number of nitrogens with zero attached hydrogens (tertiary/aromatic N) is 5. The number of anilines is 2. The largest absolute Gasteiger partial charge is 0.462 e. The maximum absolute atomic E-state index is 11.8. The first-order chi connectivity index (χ1) is 15.1. The summed E-state index contributed by atoms with van der Waals surface area (Å²) < 4.78 is 5.02. The minimum Gasteiger partial charge on any atom is -0.462 e. The van der Waals surface area contributed by atoms with Crippen LogP contribution in [0.1, 0.15) is 29.3 Å². The van der Waals surface area contributed by atoms with E-state index in [0.29, 0.717) is 22.8 Å². The molecule has 1 aromatic carbocycles. The van der Waals surface area contributed by atoms with Gasteiger partial charge in [0, 0.05) is 42.8 Å². The van der Waals surface area contributed by atoms with Crippen molar-refractivity contribution < 1.29 is 9.53 Å². The Morgan fingerprint density at radius 2 is 1.90 bits per heavy atom. The van der Waals surface area contributed by atoms with Crippen molar-refractivity contribution >= 4 is 40.1 Å². The molecule has 31 heavy (non-hydrogen) atoms. The summed E-state index contributed by atoms with van der Waals surface area (Å²) in [5.74, 6) is 1.26. The van der Waals surface area contributed by atoms with Gasteiger partial charge in [0.15, 0.2) is 0 Å². The topological polar surface area (TPSA) is 82.4 Å². The molecule has 0 saturated carbocycles. The van der Waals surface area contributed by atoms with Crippen molar-refractivity contribution in [3.05, 3.63) is 58.7 Å². The highest BCUT2D eigenvalue weighted by Crippen LogP contribution is 2.26. The molecule has 2 aromatic heterocycles. The molecule has 0 unspecified atom stereocenters. The third kappa shape index (κ3) is 4.54. The Kier molecular flexibility index (Phi) is 6.19. The maximum Gasteiger partial charge on any atom is 0.339 e. The van der Waals surface area contributed by atoms with E-state index in [1.165, 1.54) is 0 Å². The number of rotatable bonds is 4. The van der Waals surface area contributed by atoms with Gasteiger partial charge in [-0.3, -0.25) is 0 Å². The van der Waals surface area contributed by atoms with Crippen LogP contribution in [-0.2, 0) is 4.74 Å². The first kappa shape index (κ1) is 20.9. The summed E-state index contributed by atoms with van der Waals surface area (Å²) in [5, 5.41) is 11.0. The molecule has 0 aliphatic carbocycles. The third-order valence-corrected chi connectivity index (χ3v) is 5.52.